The molecule has 0 aromatic carbocycles. The molecule has 0 unspecified atom stereocenters. The summed E-state index contributed by atoms with van der Waals surface area (Å²) in [5.74, 6) is 5.75. The molecule has 18 heavy (non-hydrogen) atoms. The first-order chi connectivity index (χ1) is 8.54. The lowest BCUT2D eigenvalue weighted by Gasteiger charge is -2.19. The van der Waals surface area contributed by atoms with E-state index in [1.165, 1.54) is 11.3 Å². The van der Waals surface area contributed by atoms with Gasteiger partial charge in [0, 0.05) is 25.5 Å². The number of likely N-dealkylation sites (N-methyl/N-ethyl adjacent to an activating group) is 2. The molecule has 0 atom stereocenters. The van der Waals surface area contributed by atoms with Crippen molar-refractivity contribution < 1.29 is 4.79 Å². The molecule has 0 aliphatic carbocycles. The fourth-order valence-corrected chi connectivity index (χ4v) is 2.07. The van der Waals surface area contributed by atoms with Gasteiger partial charge < -0.3 is 15.5 Å². The number of nitrogens with two attached hydrogens (primary N) is 1. The molecule has 1 heterocycles. The first-order valence-corrected chi connectivity index (χ1v) is 6.60. The van der Waals surface area contributed by atoms with Crippen LogP contribution in [0.25, 0.3) is 0 Å². The van der Waals surface area contributed by atoms with Gasteiger partial charge in [0.2, 0.25) is 0 Å². The topological polar surface area (TPSA) is 49.6 Å². The highest BCUT2D eigenvalue weighted by Gasteiger charge is 2.13. The Morgan fingerprint density at radius 2 is 2.11 bits per heavy atom. The monoisotopic (exact) mass is 265 g/mol. The van der Waals surface area contributed by atoms with Gasteiger partial charge in [-0.25, -0.2) is 0 Å². The van der Waals surface area contributed by atoms with E-state index < -0.39 is 0 Å². The molecule has 2 N–H and O–H groups in total. The van der Waals surface area contributed by atoms with Crippen LogP contribution in [0.5, 0.6) is 0 Å². The number of carbonyl (C=O) groups excluding carboxylic acids is 1. The Morgan fingerprint density at radius 1 is 1.39 bits per heavy atom. The van der Waals surface area contributed by atoms with E-state index in [-0.39, 0.29) is 5.91 Å². The molecule has 0 spiro atoms. The van der Waals surface area contributed by atoms with E-state index in [4.69, 9.17) is 5.73 Å². The van der Waals surface area contributed by atoms with E-state index in [2.05, 4.69) is 16.7 Å². The molecule has 0 aliphatic heterocycles. The smallest absolute Gasteiger partial charge is 0.254 e. The largest absolute Gasteiger partial charge is 0.340 e. The number of carbonyl (C=O) groups is 1. The molecular weight excluding hydrogens is 246 g/mol. The molecular formula is C13H19N3OS. The van der Waals surface area contributed by atoms with Crippen LogP contribution in [0.15, 0.2) is 11.4 Å². The highest BCUT2D eigenvalue weighted by molar-refractivity contribution is 7.10. The van der Waals surface area contributed by atoms with Gasteiger partial charge in [-0.2, -0.15) is 0 Å². The third-order valence-corrected chi connectivity index (χ3v) is 3.24. The minimum absolute atomic E-state index is 0.0360. The molecule has 0 saturated heterocycles. The maximum atomic E-state index is 12.1. The van der Waals surface area contributed by atoms with Crippen molar-refractivity contribution >= 4 is 17.2 Å². The lowest BCUT2D eigenvalue weighted by molar-refractivity contribution is 0.0787. The fourth-order valence-electron chi connectivity index (χ4n) is 1.32. The van der Waals surface area contributed by atoms with Gasteiger partial charge in [-0.05, 0) is 20.2 Å². The van der Waals surface area contributed by atoms with Crippen molar-refractivity contribution in [1.82, 2.24) is 9.80 Å². The number of rotatable bonds is 4. The lowest BCUT2D eigenvalue weighted by Crippen LogP contribution is -2.33. The van der Waals surface area contributed by atoms with Gasteiger partial charge in [0.25, 0.3) is 5.91 Å². The van der Waals surface area contributed by atoms with Gasteiger partial charge in [0.05, 0.1) is 17.0 Å². The maximum absolute atomic E-state index is 12.1. The minimum Gasteiger partial charge on any atom is -0.340 e. The van der Waals surface area contributed by atoms with E-state index in [0.29, 0.717) is 18.7 Å². The molecule has 98 valence electrons. The Kier molecular flexibility index (Phi) is 5.86. The average Bonchev–Trinajstić information content (AvgIpc) is 2.81. The summed E-state index contributed by atoms with van der Waals surface area (Å²) < 4.78 is 0. The van der Waals surface area contributed by atoms with Gasteiger partial charge >= 0.3 is 0 Å². The highest BCUT2D eigenvalue weighted by atomic mass is 32.1. The maximum Gasteiger partial charge on any atom is 0.254 e. The highest BCUT2D eigenvalue weighted by Crippen LogP contribution is 2.15. The molecule has 0 bridgehead atoms. The Labute approximate surface area is 112 Å². The number of hydrogen-bond donors (Lipinski definition) is 1. The van der Waals surface area contributed by atoms with E-state index in [0.717, 1.165) is 11.4 Å². The second-order valence-electron chi connectivity index (χ2n) is 4.24. The molecule has 0 saturated carbocycles. The molecule has 1 rings (SSSR count). The van der Waals surface area contributed by atoms with Crippen molar-refractivity contribution in [2.24, 2.45) is 5.73 Å². The van der Waals surface area contributed by atoms with Gasteiger partial charge in [0.15, 0.2) is 0 Å². The van der Waals surface area contributed by atoms with Gasteiger partial charge in [0.1, 0.15) is 0 Å². The number of amides is 1. The third-order valence-electron chi connectivity index (χ3n) is 2.39. The Hall–Kier alpha value is -1.35. The molecule has 1 amide bonds. The third kappa shape index (κ3) is 4.49. The van der Waals surface area contributed by atoms with Crippen LogP contribution in [0.4, 0.5) is 0 Å². The zero-order chi connectivity index (χ0) is 13.5. The summed E-state index contributed by atoms with van der Waals surface area (Å²) in [6, 6.07) is 1.82. The molecule has 4 nitrogen and oxygen atoms in total. The Balaban J connectivity index is 2.63. The van der Waals surface area contributed by atoms with Crippen molar-refractivity contribution in [3.8, 4) is 11.8 Å². The van der Waals surface area contributed by atoms with Crippen LogP contribution in [0, 0.1) is 11.8 Å². The summed E-state index contributed by atoms with van der Waals surface area (Å²) in [5.41, 5.74) is 6.01. The molecule has 5 heteroatoms. The standard InChI is InChI=1S/C13H19N3OS/c1-15(2)7-8-16(3)13(17)11-9-12(18-10-11)5-4-6-14/h9-10H,6-8,14H2,1-3H3. The van der Waals surface area contributed by atoms with Crippen LogP contribution in [-0.4, -0.2) is 56.5 Å². The van der Waals surface area contributed by atoms with Crippen molar-refractivity contribution in [1.29, 1.82) is 0 Å². The summed E-state index contributed by atoms with van der Waals surface area (Å²) in [6.07, 6.45) is 0. The summed E-state index contributed by atoms with van der Waals surface area (Å²) >= 11 is 1.47. The van der Waals surface area contributed by atoms with Gasteiger partial charge in [-0.1, -0.05) is 11.8 Å². The van der Waals surface area contributed by atoms with Crippen LogP contribution in [0.1, 0.15) is 15.2 Å². The first kappa shape index (κ1) is 14.7. The van der Waals surface area contributed by atoms with E-state index in [1.54, 1.807) is 4.90 Å². The zero-order valence-corrected chi connectivity index (χ0v) is 11.9. The molecule has 0 radical (unpaired) electrons. The van der Waals surface area contributed by atoms with Crippen LogP contribution < -0.4 is 5.73 Å². The molecule has 1 aromatic heterocycles. The van der Waals surface area contributed by atoms with E-state index in [1.807, 2.05) is 32.6 Å². The van der Waals surface area contributed by atoms with Gasteiger partial charge in [-0.15, -0.1) is 11.3 Å². The number of nitrogens with zero attached hydrogens (tertiary/aromatic N) is 2. The first-order valence-electron chi connectivity index (χ1n) is 5.72. The number of hydrogen-bond acceptors (Lipinski definition) is 4. The van der Waals surface area contributed by atoms with Crippen LogP contribution in [0.3, 0.4) is 0 Å². The van der Waals surface area contributed by atoms with Crippen LogP contribution in [0.2, 0.25) is 0 Å². The predicted molar refractivity (Wildman–Crippen MR) is 75.8 cm³/mol. The average molecular weight is 265 g/mol. The second kappa shape index (κ2) is 7.17. The predicted octanol–water partition coefficient (Wildman–Crippen LogP) is 0.692. The zero-order valence-electron chi connectivity index (χ0n) is 11.1. The molecule has 0 aliphatic rings. The summed E-state index contributed by atoms with van der Waals surface area (Å²) in [6.45, 7) is 1.90. The van der Waals surface area contributed by atoms with Gasteiger partial charge in [-0.3, -0.25) is 4.79 Å². The minimum atomic E-state index is 0.0360. The Bertz CT molecular complexity index is 456. The van der Waals surface area contributed by atoms with Crippen molar-refractivity contribution in [3.05, 3.63) is 21.9 Å². The second-order valence-corrected chi connectivity index (χ2v) is 5.15. The van der Waals surface area contributed by atoms with Crippen molar-refractivity contribution in [2.45, 2.75) is 0 Å². The fraction of sp³-hybridized carbons (Fsp3) is 0.462. The quantitative estimate of drug-likeness (QED) is 0.815. The summed E-state index contributed by atoms with van der Waals surface area (Å²) in [5, 5.41) is 1.84. The van der Waals surface area contributed by atoms with Crippen LogP contribution >= 0.6 is 11.3 Å². The van der Waals surface area contributed by atoms with Crippen LogP contribution in [-0.2, 0) is 0 Å². The number of thiophene rings is 1. The normalized spacial score (nSPS) is 10.1. The lowest BCUT2D eigenvalue weighted by atomic mass is 10.2. The van der Waals surface area contributed by atoms with Crippen molar-refractivity contribution in [3.63, 3.8) is 0 Å². The summed E-state index contributed by atoms with van der Waals surface area (Å²) in [4.78, 5) is 16.7. The Morgan fingerprint density at radius 3 is 2.72 bits per heavy atom. The summed E-state index contributed by atoms with van der Waals surface area (Å²) in [7, 11) is 5.79. The van der Waals surface area contributed by atoms with E-state index in [9.17, 15) is 4.79 Å². The molecule has 0 fully saturated rings. The molecule has 1 aromatic rings. The van der Waals surface area contributed by atoms with E-state index >= 15 is 0 Å². The SMILES string of the molecule is CN(C)CCN(C)C(=O)c1csc(C#CCN)c1. The van der Waals surface area contributed by atoms with Crippen molar-refractivity contribution in [2.75, 3.05) is 40.8 Å².